The molecule has 0 aliphatic rings. The van der Waals surface area contributed by atoms with Gasteiger partial charge in [-0.2, -0.15) is 18.2 Å². The van der Waals surface area contributed by atoms with E-state index in [0.717, 1.165) is 18.2 Å². The molecule has 0 unspecified atom stereocenters. The Kier molecular flexibility index (Phi) is 3.76. The van der Waals surface area contributed by atoms with E-state index in [4.69, 9.17) is 16.3 Å². The van der Waals surface area contributed by atoms with Crippen LogP contribution in [0.2, 0.25) is 5.15 Å². The average molecular weight is 311 g/mol. The van der Waals surface area contributed by atoms with E-state index >= 15 is 0 Å². The molecule has 0 aliphatic heterocycles. The van der Waals surface area contributed by atoms with Gasteiger partial charge >= 0.3 is 6.18 Å². The fourth-order valence-corrected chi connectivity index (χ4v) is 1.41. The lowest BCUT2D eigenvalue weighted by Gasteiger charge is -2.09. The number of aromatic nitrogens is 2. The van der Waals surface area contributed by atoms with E-state index in [1.807, 2.05) is 0 Å². The second-order valence-corrected chi connectivity index (χ2v) is 3.92. The second-order valence-electron chi connectivity index (χ2n) is 3.53. The maximum absolute atomic E-state index is 12.9. The first-order valence-electron chi connectivity index (χ1n) is 5.00. The molecule has 0 saturated carbocycles. The minimum atomic E-state index is -4.81. The highest BCUT2D eigenvalue weighted by atomic mass is 35.5. The first-order valence-corrected chi connectivity index (χ1v) is 5.38. The van der Waals surface area contributed by atoms with Gasteiger partial charge in [0.05, 0.1) is 0 Å². The Morgan fingerprint density at radius 3 is 2.30 bits per heavy atom. The monoisotopic (exact) mass is 310 g/mol. The molecule has 1 heterocycles. The van der Waals surface area contributed by atoms with Crippen LogP contribution in [0.25, 0.3) is 0 Å². The van der Waals surface area contributed by atoms with Crippen molar-refractivity contribution in [3.05, 3.63) is 46.9 Å². The van der Waals surface area contributed by atoms with Crippen molar-refractivity contribution < 1.29 is 26.7 Å². The number of rotatable bonds is 2. The summed E-state index contributed by atoms with van der Waals surface area (Å²) in [5, 5.41) is -0.495. The molecule has 2 rings (SSSR count). The molecule has 2 aromatic rings. The van der Waals surface area contributed by atoms with Crippen LogP contribution in [0, 0.1) is 11.6 Å². The maximum atomic E-state index is 12.9. The molecule has 1 aromatic heterocycles. The summed E-state index contributed by atoms with van der Waals surface area (Å²) in [6.45, 7) is 0. The van der Waals surface area contributed by atoms with Crippen LogP contribution >= 0.6 is 11.6 Å². The molecule has 1 aromatic carbocycles. The highest BCUT2D eigenvalue weighted by Crippen LogP contribution is 2.30. The lowest BCUT2D eigenvalue weighted by molar-refractivity contribution is -0.145. The Hall–Kier alpha value is -1.96. The van der Waals surface area contributed by atoms with E-state index in [1.165, 1.54) is 0 Å². The zero-order valence-electron chi connectivity index (χ0n) is 9.38. The van der Waals surface area contributed by atoms with Gasteiger partial charge in [-0.25, -0.2) is 13.8 Å². The predicted molar refractivity (Wildman–Crippen MR) is 58.5 cm³/mol. The van der Waals surface area contributed by atoms with Crippen LogP contribution in [0.1, 0.15) is 5.82 Å². The molecule has 9 heteroatoms. The van der Waals surface area contributed by atoms with Crippen molar-refractivity contribution in [2.45, 2.75) is 6.18 Å². The van der Waals surface area contributed by atoms with Crippen molar-refractivity contribution >= 4 is 11.6 Å². The molecule has 0 fully saturated rings. The molecule has 0 aliphatic carbocycles. The van der Waals surface area contributed by atoms with Gasteiger partial charge in [0.25, 0.3) is 0 Å². The molecular weight excluding hydrogens is 307 g/mol. The van der Waals surface area contributed by atoms with E-state index in [0.29, 0.717) is 6.07 Å². The topological polar surface area (TPSA) is 35.0 Å². The Labute approximate surface area is 114 Å². The number of benzene rings is 1. The van der Waals surface area contributed by atoms with Gasteiger partial charge in [0, 0.05) is 12.1 Å². The number of ether oxygens (including phenoxy) is 1. The summed E-state index contributed by atoms with van der Waals surface area (Å²) >= 11 is 5.41. The highest BCUT2D eigenvalue weighted by molar-refractivity contribution is 6.29. The minimum Gasteiger partial charge on any atom is -0.439 e. The Bertz CT molecular complexity index is 647. The van der Waals surface area contributed by atoms with Gasteiger partial charge < -0.3 is 4.74 Å². The normalized spacial score (nSPS) is 11.5. The summed E-state index contributed by atoms with van der Waals surface area (Å²) in [6.07, 6.45) is -4.81. The van der Waals surface area contributed by atoms with Crippen LogP contribution in [0.15, 0.2) is 24.3 Å². The molecule has 0 amide bonds. The zero-order valence-corrected chi connectivity index (χ0v) is 10.1. The van der Waals surface area contributed by atoms with Crippen molar-refractivity contribution in [2.24, 2.45) is 0 Å². The lowest BCUT2D eigenvalue weighted by Crippen LogP contribution is -2.11. The first kappa shape index (κ1) is 14.4. The molecule has 0 radical (unpaired) electrons. The van der Waals surface area contributed by atoms with E-state index < -0.39 is 34.7 Å². The van der Waals surface area contributed by atoms with Gasteiger partial charge in [-0.15, -0.1) is 0 Å². The van der Waals surface area contributed by atoms with Crippen molar-refractivity contribution in [3.63, 3.8) is 0 Å². The van der Waals surface area contributed by atoms with Crippen molar-refractivity contribution in [3.8, 4) is 11.6 Å². The quantitative estimate of drug-likeness (QED) is 0.615. The van der Waals surface area contributed by atoms with Gasteiger partial charge in [-0.3, -0.25) is 0 Å². The van der Waals surface area contributed by atoms with Gasteiger partial charge in [-0.1, -0.05) is 11.6 Å². The van der Waals surface area contributed by atoms with E-state index in [2.05, 4.69) is 9.97 Å². The third kappa shape index (κ3) is 3.32. The molecule has 0 saturated heterocycles. The summed E-state index contributed by atoms with van der Waals surface area (Å²) in [6, 6.07) is 3.37. The molecule has 106 valence electrons. The maximum Gasteiger partial charge on any atom is 0.451 e. The SMILES string of the molecule is Fc1ccc(Oc2cc(Cl)nc(C(F)(F)F)n2)cc1F. The summed E-state index contributed by atoms with van der Waals surface area (Å²) in [5.74, 6) is -4.59. The summed E-state index contributed by atoms with van der Waals surface area (Å²) < 4.78 is 67.9. The Morgan fingerprint density at radius 2 is 1.70 bits per heavy atom. The average Bonchev–Trinajstić information content (AvgIpc) is 2.32. The smallest absolute Gasteiger partial charge is 0.439 e. The van der Waals surface area contributed by atoms with Crippen LogP contribution in [-0.4, -0.2) is 9.97 Å². The van der Waals surface area contributed by atoms with E-state index in [9.17, 15) is 22.0 Å². The second kappa shape index (κ2) is 5.20. The van der Waals surface area contributed by atoms with Crippen LogP contribution in [0.4, 0.5) is 22.0 Å². The van der Waals surface area contributed by atoms with Crippen molar-refractivity contribution in [1.29, 1.82) is 0 Å². The lowest BCUT2D eigenvalue weighted by atomic mass is 10.3. The number of hydrogen-bond acceptors (Lipinski definition) is 3. The fourth-order valence-electron chi connectivity index (χ4n) is 1.24. The molecular formula is C11H4ClF5N2O. The number of nitrogens with zero attached hydrogens (tertiary/aromatic N) is 2. The standard InChI is InChI=1S/C11H4ClF5N2O/c12-8-4-9(19-10(18-8)11(15,16)17)20-5-1-2-6(13)7(14)3-5/h1-4H. The Morgan fingerprint density at radius 1 is 1.00 bits per heavy atom. The fraction of sp³-hybridized carbons (Fsp3) is 0.0909. The van der Waals surface area contributed by atoms with Crippen LogP contribution in [0.5, 0.6) is 11.6 Å². The van der Waals surface area contributed by atoms with Gasteiger partial charge in [0.15, 0.2) is 11.6 Å². The number of hydrogen-bond donors (Lipinski definition) is 0. The molecule has 20 heavy (non-hydrogen) atoms. The first-order chi connectivity index (χ1) is 9.25. The molecule has 0 N–H and O–H groups in total. The minimum absolute atomic E-state index is 0.230. The number of alkyl halides is 3. The largest absolute Gasteiger partial charge is 0.451 e. The summed E-state index contributed by atoms with van der Waals surface area (Å²) in [5.41, 5.74) is 0. The van der Waals surface area contributed by atoms with Gasteiger partial charge in [-0.05, 0) is 12.1 Å². The van der Waals surface area contributed by atoms with Crippen molar-refractivity contribution in [1.82, 2.24) is 9.97 Å². The highest BCUT2D eigenvalue weighted by Gasteiger charge is 2.35. The van der Waals surface area contributed by atoms with E-state index in [1.54, 1.807) is 0 Å². The Balaban J connectivity index is 2.33. The molecule has 3 nitrogen and oxygen atoms in total. The zero-order chi connectivity index (χ0) is 14.9. The molecule has 0 bridgehead atoms. The van der Waals surface area contributed by atoms with Gasteiger partial charge in [0.1, 0.15) is 10.9 Å². The van der Waals surface area contributed by atoms with E-state index in [-0.39, 0.29) is 5.75 Å². The van der Waals surface area contributed by atoms with Crippen molar-refractivity contribution in [2.75, 3.05) is 0 Å². The number of halogens is 6. The molecule has 0 spiro atoms. The van der Waals surface area contributed by atoms with Crippen LogP contribution in [0.3, 0.4) is 0 Å². The summed E-state index contributed by atoms with van der Waals surface area (Å²) in [4.78, 5) is 6.09. The third-order valence-corrected chi connectivity index (χ3v) is 2.23. The van der Waals surface area contributed by atoms with Crippen LogP contribution in [-0.2, 0) is 6.18 Å². The predicted octanol–water partition coefficient (Wildman–Crippen LogP) is 4.22. The molecule has 0 atom stereocenters. The summed E-state index contributed by atoms with van der Waals surface area (Å²) in [7, 11) is 0. The van der Waals surface area contributed by atoms with Gasteiger partial charge in [0.2, 0.25) is 11.7 Å². The van der Waals surface area contributed by atoms with Crippen LogP contribution < -0.4 is 4.74 Å². The third-order valence-electron chi connectivity index (χ3n) is 2.04.